The minimum atomic E-state index is 0.554. The number of hydrogen-bond donors (Lipinski definition) is 0. The Hall–Kier alpha value is -1.30. The van der Waals surface area contributed by atoms with Crippen LogP contribution in [0, 0.1) is 17.8 Å². The molecular weight excluding hydrogens is 264 g/mol. The van der Waals surface area contributed by atoms with Crippen molar-refractivity contribution in [3.8, 4) is 0 Å². The van der Waals surface area contributed by atoms with E-state index in [-0.39, 0.29) is 0 Å². The predicted molar refractivity (Wildman–Crippen MR) is 103 cm³/mol. The van der Waals surface area contributed by atoms with Crippen molar-refractivity contribution in [2.45, 2.75) is 60.8 Å². The van der Waals surface area contributed by atoms with Gasteiger partial charge < -0.3 is 0 Å². The minimum absolute atomic E-state index is 0.554. The lowest BCUT2D eigenvalue weighted by Crippen LogP contribution is -2.22. The van der Waals surface area contributed by atoms with Crippen LogP contribution >= 0.6 is 0 Å². The molecule has 0 radical (unpaired) electrons. The van der Waals surface area contributed by atoms with E-state index in [1.54, 1.807) is 0 Å². The molecule has 0 heterocycles. The zero-order chi connectivity index (χ0) is 17.1. The normalized spacial score (nSPS) is 15.5. The first-order chi connectivity index (χ1) is 10.3. The molecule has 3 atom stereocenters. The molecule has 0 nitrogen and oxygen atoms in total. The molecular formula is C22H36. The summed E-state index contributed by atoms with van der Waals surface area (Å²) < 4.78 is 0. The van der Waals surface area contributed by atoms with E-state index in [1.165, 1.54) is 16.7 Å². The largest absolute Gasteiger partial charge is 0.103 e. The van der Waals surface area contributed by atoms with Crippen LogP contribution in [-0.2, 0) is 0 Å². The average Bonchev–Trinajstić information content (AvgIpc) is 2.43. The zero-order valence-corrected chi connectivity index (χ0v) is 15.7. The van der Waals surface area contributed by atoms with Crippen molar-refractivity contribution < 1.29 is 0 Å². The van der Waals surface area contributed by atoms with Crippen molar-refractivity contribution in [3.05, 3.63) is 60.3 Å². The summed E-state index contributed by atoms with van der Waals surface area (Å²) in [5.74, 6) is 1.82. The fourth-order valence-corrected chi connectivity index (χ4v) is 2.90. The van der Waals surface area contributed by atoms with Crippen LogP contribution < -0.4 is 0 Å². The quantitative estimate of drug-likeness (QED) is 0.294. The molecule has 0 aromatic carbocycles. The summed E-state index contributed by atoms with van der Waals surface area (Å²) in [6.07, 6.45) is 14.3. The zero-order valence-electron chi connectivity index (χ0n) is 15.7. The standard InChI is InChI=1S/C22H36/c1-9-11-19(7)22(16-14-18(5)6)21(12-10-2)20(8)15-13-17(3)4/h9-10,13-15,19,21-22H,1-2,11-12,16H2,3-8H3. The molecule has 0 aromatic rings. The molecule has 0 amide bonds. The van der Waals surface area contributed by atoms with Gasteiger partial charge in [-0.2, -0.15) is 0 Å². The van der Waals surface area contributed by atoms with E-state index in [0.29, 0.717) is 17.8 Å². The second-order valence-electron chi connectivity index (χ2n) is 6.97. The molecule has 0 rings (SSSR count). The van der Waals surface area contributed by atoms with Crippen LogP contribution in [-0.4, -0.2) is 0 Å². The van der Waals surface area contributed by atoms with E-state index in [4.69, 9.17) is 0 Å². The summed E-state index contributed by atoms with van der Waals surface area (Å²) in [5.41, 5.74) is 4.21. The Kier molecular flexibility index (Phi) is 10.6. The lowest BCUT2D eigenvalue weighted by molar-refractivity contribution is 0.272. The molecule has 3 unspecified atom stereocenters. The molecule has 0 aliphatic heterocycles. The van der Waals surface area contributed by atoms with Crippen LogP contribution in [0.1, 0.15) is 60.8 Å². The number of allylic oxidation sites excluding steroid dienone is 8. The summed E-state index contributed by atoms with van der Waals surface area (Å²) in [6, 6.07) is 0. The van der Waals surface area contributed by atoms with E-state index >= 15 is 0 Å². The van der Waals surface area contributed by atoms with Gasteiger partial charge in [-0.05, 0) is 71.6 Å². The summed E-state index contributed by atoms with van der Waals surface area (Å²) in [5, 5.41) is 0. The second kappa shape index (κ2) is 11.3. The van der Waals surface area contributed by atoms with Gasteiger partial charge in [0.05, 0.1) is 0 Å². The molecule has 0 heteroatoms. The highest BCUT2D eigenvalue weighted by Gasteiger charge is 2.25. The highest BCUT2D eigenvalue weighted by molar-refractivity contribution is 5.18. The molecule has 0 aliphatic carbocycles. The Balaban J connectivity index is 5.48. The highest BCUT2D eigenvalue weighted by Crippen LogP contribution is 2.35. The van der Waals surface area contributed by atoms with E-state index < -0.39 is 0 Å². The second-order valence-corrected chi connectivity index (χ2v) is 6.97. The first-order valence-corrected chi connectivity index (χ1v) is 8.50. The van der Waals surface area contributed by atoms with Crippen molar-refractivity contribution in [3.63, 3.8) is 0 Å². The summed E-state index contributed by atoms with van der Waals surface area (Å²) in [4.78, 5) is 0. The molecule has 0 spiro atoms. The van der Waals surface area contributed by atoms with Crippen LogP contribution in [0.25, 0.3) is 0 Å². The third kappa shape index (κ3) is 8.22. The topological polar surface area (TPSA) is 0 Å². The van der Waals surface area contributed by atoms with E-state index in [2.05, 4.69) is 85.1 Å². The fourth-order valence-electron chi connectivity index (χ4n) is 2.90. The number of rotatable bonds is 10. The average molecular weight is 301 g/mol. The molecule has 0 saturated heterocycles. The van der Waals surface area contributed by atoms with Crippen molar-refractivity contribution in [1.29, 1.82) is 0 Å². The predicted octanol–water partition coefficient (Wildman–Crippen LogP) is 7.28. The Morgan fingerprint density at radius 1 is 0.818 bits per heavy atom. The maximum absolute atomic E-state index is 3.98. The first-order valence-electron chi connectivity index (χ1n) is 8.50. The minimum Gasteiger partial charge on any atom is -0.103 e. The molecule has 0 bridgehead atoms. The van der Waals surface area contributed by atoms with E-state index in [1.807, 2.05) is 0 Å². The van der Waals surface area contributed by atoms with Gasteiger partial charge in [0.1, 0.15) is 0 Å². The van der Waals surface area contributed by atoms with Crippen molar-refractivity contribution >= 4 is 0 Å². The van der Waals surface area contributed by atoms with Crippen molar-refractivity contribution in [2.24, 2.45) is 17.8 Å². The SMILES string of the molecule is C=CCC(C)C(CC=C(C)C)C(CC=C)C(C)=CC=C(C)C. The van der Waals surface area contributed by atoms with Crippen LogP contribution in [0.2, 0.25) is 0 Å². The van der Waals surface area contributed by atoms with E-state index in [9.17, 15) is 0 Å². The van der Waals surface area contributed by atoms with Crippen molar-refractivity contribution in [1.82, 2.24) is 0 Å². The maximum Gasteiger partial charge on any atom is -0.0134 e. The summed E-state index contributed by atoms with van der Waals surface area (Å²) >= 11 is 0. The highest BCUT2D eigenvalue weighted by atomic mass is 14.3. The molecule has 0 N–H and O–H groups in total. The smallest absolute Gasteiger partial charge is 0.0134 e. The summed E-state index contributed by atoms with van der Waals surface area (Å²) in [7, 11) is 0. The molecule has 124 valence electrons. The lowest BCUT2D eigenvalue weighted by atomic mass is 9.73. The molecule has 0 aliphatic rings. The van der Waals surface area contributed by atoms with Gasteiger partial charge in [0, 0.05) is 0 Å². The maximum atomic E-state index is 3.98. The van der Waals surface area contributed by atoms with Crippen LogP contribution in [0.5, 0.6) is 0 Å². The van der Waals surface area contributed by atoms with Gasteiger partial charge in [0.25, 0.3) is 0 Å². The van der Waals surface area contributed by atoms with Crippen LogP contribution in [0.15, 0.2) is 60.3 Å². The van der Waals surface area contributed by atoms with Crippen molar-refractivity contribution in [2.75, 3.05) is 0 Å². The molecule has 22 heavy (non-hydrogen) atoms. The lowest BCUT2D eigenvalue weighted by Gasteiger charge is -2.31. The van der Waals surface area contributed by atoms with Gasteiger partial charge in [0.15, 0.2) is 0 Å². The Bertz CT molecular complexity index is 423. The van der Waals surface area contributed by atoms with Gasteiger partial charge in [0.2, 0.25) is 0 Å². The fraction of sp³-hybridized carbons (Fsp3) is 0.545. The summed E-state index contributed by atoms with van der Waals surface area (Å²) in [6.45, 7) is 21.2. The van der Waals surface area contributed by atoms with Gasteiger partial charge in [-0.15, -0.1) is 13.2 Å². The first kappa shape index (κ1) is 20.7. The Labute approximate surface area is 139 Å². The third-order valence-electron chi connectivity index (χ3n) is 4.27. The monoisotopic (exact) mass is 300 g/mol. The van der Waals surface area contributed by atoms with Gasteiger partial charge in [-0.25, -0.2) is 0 Å². The van der Waals surface area contributed by atoms with Gasteiger partial charge in [-0.1, -0.05) is 54.0 Å². The Morgan fingerprint density at radius 2 is 1.41 bits per heavy atom. The Morgan fingerprint density at radius 3 is 1.86 bits per heavy atom. The molecule has 0 aromatic heterocycles. The number of hydrogen-bond acceptors (Lipinski definition) is 0. The third-order valence-corrected chi connectivity index (χ3v) is 4.27. The van der Waals surface area contributed by atoms with Crippen LogP contribution in [0.3, 0.4) is 0 Å². The van der Waals surface area contributed by atoms with E-state index in [0.717, 1.165) is 19.3 Å². The van der Waals surface area contributed by atoms with Gasteiger partial charge >= 0.3 is 0 Å². The molecule has 0 fully saturated rings. The van der Waals surface area contributed by atoms with Crippen LogP contribution in [0.4, 0.5) is 0 Å². The van der Waals surface area contributed by atoms with Gasteiger partial charge in [-0.3, -0.25) is 0 Å². The molecule has 0 saturated carbocycles.